The maximum Gasteiger partial charge on any atom is 0.103 e. The number of hydrogen-bond donors (Lipinski definition) is 1. The number of nitrogens with zero attached hydrogens (tertiary/aromatic N) is 2. The minimum Gasteiger partial charge on any atom is -0.383 e. The summed E-state index contributed by atoms with van der Waals surface area (Å²) in [5.41, 5.74) is 2.38. The Morgan fingerprint density at radius 1 is 1.42 bits per heavy atom. The molecule has 1 aromatic heterocycles. The summed E-state index contributed by atoms with van der Waals surface area (Å²) in [7, 11) is 0. The van der Waals surface area contributed by atoms with Crippen LogP contribution in [0.1, 0.15) is 5.56 Å². The third kappa shape index (κ3) is 3.27. The molecular weight excluding hydrogens is 254 g/mol. The number of nitriles is 1. The zero-order valence-corrected chi connectivity index (χ0v) is 11.4. The molecule has 0 saturated heterocycles. The van der Waals surface area contributed by atoms with Crippen molar-refractivity contribution in [3.05, 3.63) is 48.7 Å². The van der Waals surface area contributed by atoms with E-state index in [1.165, 1.54) is 0 Å². The molecule has 0 radical (unpaired) electrons. The lowest BCUT2D eigenvalue weighted by molar-refractivity contribution is 1.22. The maximum atomic E-state index is 9.17. The second kappa shape index (κ2) is 6.81. The Balaban J connectivity index is 2.20. The van der Waals surface area contributed by atoms with Crippen molar-refractivity contribution in [1.82, 2.24) is 4.98 Å². The molecule has 0 aliphatic carbocycles. The molecule has 2 aromatic rings. The van der Waals surface area contributed by atoms with Gasteiger partial charge in [-0.2, -0.15) is 17.0 Å². The first-order valence-corrected chi connectivity index (χ1v) is 7.22. The quantitative estimate of drug-likeness (QED) is 0.644. The Morgan fingerprint density at radius 3 is 3.05 bits per heavy atom. The van der Waals surface area contributed by atoms with Crippen LogP contribution in [0, 0.1) is 11.3 Å². The number of hydrogen-bond acceptors (Lipinski definition) is 4. The Morgan fingerprint density at radius 2 is 2.26 bits per heavy atom. The zero-order chi connectivity index (χ0) is 13.5. The van der Waals surface area contributed by atoms with Crippen LogP contribution < -0.4 is 5.32 Å². The van der Waals surface area contributed by atoms with Gasteiger partial charge in [-0.05, 0) is 6.07 Å². The summed E-state index contributed by atoms with van der Waals surface area (Å²) in [4.78, 5) is 4.29. The molecule has 1 N–H and O–H groups in total. The van der Waals surface area contributed by atoms with E-state index in [1.807, 2.05) is 42.1 Å². The van der Waals surface area contributed by atoms with Gasteiger partial charge < -0.3 is 5.32 Å². The third-order valence-corrected chi connectivity index (χ3v) is 3.64. The molecule has 0 saturated carbocycles. The SMILES string of the molecule is C=CCSCCNc1c(C#N)cnc2ccccc12. The highest BCUT2D eigenvalue weighted by Gasteiger charge is 2.07. The van der Waals surface area contributed by atoms with Crippen LogP contribution in [-0.4, -0.2) is 23.0 Å². The van der Waals surface area contributed by atoms with Crippen LogP contribution in [0.15, 0.2) is 43.1 Å². The van der Waals surface area contributed by atoms with Gasteiger partial charge in [-0.1, -0.05) is 24.3 Å². The summed E-state index contributed by atoms with van der Waals surface area (Å²) in [6.45, 7) is 4.51. The average molecular weight is 269 g/mol. The molecule has 0 amide bonds. The van der Waals surface area contributed by atoms with Gasteiger partial charge in [0.05, 0.1) is 16.8 Å². The number of fused-ring (bicyclic) bond motifs is 1. The molecule has 4 heteroatoms. The Labute approximate surface area is 117 Å². The van der Waals surface area contributed by atoms with Gasteiger partial charge >= 0.3 is 0 Å². The molecule has 1 heterocycles. The predicted molar refractivity (Wildman–Crippen MR) is 82.5 cm³/mol. The average Bonchev–Trinajstić information content (AvgIpc) is 2.47. The van der Waals surface area contributed by atoms with Gasteiger partial charge in [-0.3, -0.25) is 4.98 Å². The van der Waals surface area contributed by atoms with Crippen LogP contribution in [0.4, 0.5) is 5.69 Å². The molecule has 96 valence electrons. The summed E-state index contributed by atoms with van der Waals surface area (Å²) in [5, 5.41) is 13.5. The van der Waals surface area contributed by atoms with Crippen molar-refractivity contribution in [3.63, 3.8) is 0 Å². The highest BCUT2D eigenvalue weighted by molar-refractivity contribution is 7.99. The molecule has 0 aliphatic rings. The number of rotatable bonds is 6. The molecule has 0 fully saturated rings. The standard InChI is InChI=1S/C15H15N3S/c1-2-8-19-9-7-17-15-12(10-16)11-18-14-6-4-3-5-13(14)15/h2-6,11H,1,7-9H2,(H,17,18). The van der Waals surface area contributed by atoms with E-state index >= 15 is 0 Å². The van der Waals surface area contributed by atoms with Crippen LogP contribution in [-0.2, 0) is 0 Å². The normalized spacial score (nSPS) is 10.1. The van der Waals surface area contributed by atoms with Crippen LogP contribution in [0.5, 0.6) is 0 Å². The van der Waals surface area contributed by atoms with Crippen molar-refractivity contribution in [2.75, 3.05) is 23.4 Å². The van der Waals surface area contributed by atoms with Crippen LogP contribution in [0.2, 0.25) is 0 Å². The molecule has 0 aliphatic heterocycles. The Kier molecular flexibility index (Phi) is 4.82. The highest BCUT2D eigenvalue weighted by Crippen LogP contribution is 2.25. The molecule has 0 atom stereocenters. The van der Waals surface area contributed by atoms with Gasteiger partial charge in [0.15, 0.2) is 0 Å². The number of pyridine rings is 1. The Hall–Kier alpha value is -1.99. The van der Waals surface area contributed by atoms with E-state index in [9.17, 15) is 5.26 Å². The van der Waals surface area contributed by atoms with Crippen LogP contribution in [0.25, 0.3) is 10.9 Å². The number of para-hydroxylation sites is 1. The zero-order valence-electron chi connectivity index (χ0n) is 10.6. The topological polar surface area (TPSA) is 48.7 Å². The predicted octanol–water partition coefficient (Wildman–Crippen LogP) is 3.44. The van der Waals surface area contributed by atoms with Crippen molar-refractivity contribution in [1.29, 1.82) is 5.26 Å². The lowest BCUT2D eigenvalue weighted by Crippen LogP contribution is -2.06. The number of anilines is 1. The third-order valence-electron chi connectivity index (χ3n) is 2.68. The van der Waals surface area contributed by atoms with Crippen molar-refractivity contribution < 1.29 is 0 Å². The van der Waals surface area contributed by atoms with Crippen molar-refractivity contribution in [2.24, 2.45) is 0 Å². The molecule has 1 aromatic carbocycles. The van der Waals surface area contributed by atoms with E-state index < -0.39 is 0 Å². The first-order valence-electron chi connectivity index (χ1n) is 6.07. The number of nitrogens with one attached hydrogen (secondary N) is 1. The van der Waals surface area contributed by atoms with E-state index in [0.29, 0.717) is 5.56 Å². The van der Waals surface area contributed by atoms with Gasteiger partial charge in [0.2, 0.25) is 0 Å². The fraction of sp³-hybridized carbons (Fsp3) is 0.200. The largest absolute Gasteiger partial charge is 0.383 e. The minimum absolute atomic E-state index is 0.590. The molecule has 3 nitrogen and oxygen atoms in total. The first-order chi connectivity index (χ1) is 9.36. The molecule has 2 rings (SSSR count). The fourth-order valence-electron chi connectivity index (χ4n) is 1.83. The van der Waals surface area contributed by atoms with E-state index in [-0.39, 0.29) is 0 Å². The van der Waals surface area contributed by atoms with E-state index in [2.05, 4.69) is 22.9 Å². The lowest BCUT2D eigenvalue weighted by atomic mass is 10.1. The van der Waals surface area contributed by atoms with Gasteiger partial charge in [0, 0.05) is 29.6 Å². The molecular formula is C15H15N3S. The van der Waals surface area contributed by atoms with E-state index in [0.717, 1.165) is 34.6 Å². The monoisotopic (exact) mass is 269 g/mol. The summed E-state index contributed by atoms with van der Waals surface area (Å²) in [6, 6.07) is 10.0. The van der Waals surface area contributed by atoms with Crippen molar-refractivity contribution >= 4 is 28.4 Å². The highest BCUT2D eigenvalue weighted by atomic mass is 32.2. The fourth-order valence-corrected chi connectivity index (χ4v) is 2.41. The minimum atomic E-state index is 0.590. The number of thioether (sulfide) groups is 1. The van der Waals surface area contributed by atoms with Crippen LogP contribution >= 0.6 is 11.8 Å². The summed E-state index contributed by atoms with van der Waals surface area (Å²) >= 11 is 1.81. The molecule has 0 spiro atoms. The first kappa shape index (κ1) is 13.4. The molecule has 0 unspecified atom stereocenters. The van der Waals surface area contributed by atoms with Gasteiger partial charge in [0.1, 0.15) is 6.07 Å². The summed E-state index contributed by atoms with van der Waals surface area (Å²) in [5.74, 6) is 1.93. The van der Waals surface area contributed by atoms with Crippen molar-refractivity contribution in [3.8, 4) is 6.07 Å². The van der Waals surface area contributed by atoms with E-state index in [1.54, 1.807) is 6.20 Å². The summed E-state index contributed by atoms with van der Waals surface area (Å²) in [6.07, 6.45) is 3.52. The number of benzene rings is 1. The maximum absolute atomic E-state index is 9.17. The summed E-state index contributed by atoms with van der Waals surface area (Å²) < 4.78 is 0. The molecule has 0 bridgehead atoms. The molecule has 19 heavy (non-hydrogen) atoms. The smallest absolute Gasteiger partial charge is 0.103 e. The second-order valence-corrected chi connectivity index (χ2v) is 5.12. The van der Waals surface area contributed by atoms with Crippen LogP contribution in [0.3, 0.4) is 0 Å². The second-order valence-electron chi connectivity index (χ2n) is 3.97. The van der Waals surface area contributed by atoms with Gasteiger partial charge in [-0.15, -0.1) is 6.58 Å². The van der Waals surface area contributed by atoms with Gasteiger partial charge in [0.25, 0.3) is 0 Å². The van der Waals surface area contributed by atoms with E-state index in [4.69, 9.17) is 0 Å². The van der Waals surface area contributed by atoms with Gasteiger partial charge in [-0.25, -0.2) is 0 Å². The van der Waals surface area contributed by atoms with Crippen molar-refractivity contribution in [2.45, 2.75) is 0 Å². The lowest BCUT2D eigenvalue weighted by Gasteiger charge is -2.10. The Bertz CT molecular complexity index is 616. The number of aromatic nitrogens is 1.